The molecule has 332 valence electrons. The summed E-state index contributed by atoms with van der Waals surface area (Å²) in [7, 11) is 5.32. The second-order valence-corrected chi connectivity index (χ2v) is 17.7. The van der Waals surface area contributed by atoms with Crippen molar-refractivity contribution < 1.29 is 44.0 Å². The molecule has 61 heavy (non-hydrogen) atoms. The SMILES string of the molecule is COc1c(CN2O[C@@H](CO)[C@H]([C@H](C)O)[C@H]2C(=O)N[C@H]2C[C@@H]3C[C@@H]([C@@H]2C)C3(C)C)cccc1-c1cc(C(=O)N[C@H](Cc2ccccc2)C(=O)NCCOCCO)cc(N(C)C)c1. The van der Waals surface area contributed by atoms with Gasteiger partial charge in [0.15, 0.2) is 0 Å². The lowest BCUT2D eigenvalue weighted by molar-refractivity contribution is -0.183. The van der Waals surface area contributed by atoms with Gasteiger partial charge in [-0.25, -0.2) is 0 Å². The number of hydrogen-bond donors (Lipinski definition) is 6. The van der Waals surface area contributed by atoms with E-state index in [9.17, 15) is 24.6 Å². The zero-order chi connectivity index (χ0) is 44.0. The Morgan fingerprint density at radius 3 is 2.41 bits per heavy atom. The number of carbonyl (C=O) groups excluding carboxylic acids is 3. The van der Waals surface area contributed by atoms with E-state index in [4.69, 9.17) is 19.4 Å². The van der Waals surface area contributed by atoms with Gasteiger partial charge < -0.3 is 45.6 Å². The van der Waals surface area contributed by atoms with Crippen LogP contribution in [0.3, 0.4) is 0 Å². The summed E-state index contributed by atoms with van der Waals surface area (Å²) >= 11 is 0. The zero-order valence-corrected chi connectivity index (χ0v) is 36.6. The molecule has 7 rings (SSSR count). The highest BCUT2D eigenvalue weighted by Gasteiger charge is 2.57. The van der Waals surface area contributed by atoms with Crippen LogP contribution < -0.4 is 25.6 Å². The number of aliphatic hydroxyl groups excluding tert-OH is 3. The largest absolute Gasteiger partial charge is 0.496 e. The molecule has 14 nitrogen and oxygen atoms in total. The van der Waals surface area contributed by atoms with Crippen LogP contribution in [0.2, 0.25) is 0 Å². The lowest BCUT2D eigenvalue weighted by Crippen LogP contribution is -2.62. The van der Waals surface area contributed by atoms with E-state index in [1.54, 1.807) is 31.2 Å². The summed E-state index contributed by atoms with van der Waals surface area (Å²) < 4.78 is 11.4. The molecular formula is C47H65N5O9. The van der Waals surface area contributed by atoms with Crippen molar-refractivity contribution in [1.29, 1.82) is 0 Å². The van der Waals surface area contributed by atoms with Gasteiger partial charge in [0.25, 0.3) is 5.91 Å². The van der Waals surface area contributed by atoms with Gasteiger partial charge in [0, 0.05) is 61.4 Å². The molecule has 9 atom stereocenters. The van der Waals surface area contributed by atoms with Crippen molar-refractivity contribution in [2.24, 2.45) is 29.1 Å². The molecule has 1 aliphatic heterocycles. The fourth-order valence-corrected chi connectivity index (χ4v) is 9.82. The van der Waals surface area contributed by atoms with Crippen LogP contribution in [-0.4, -0.2) is 123 Å². The average Bonchev–Trinajstić information content (AvgIpc) is 3.62. The number of amides is 3. The van der Waals surface area contributed by atoms with Gasteiger partial charge in [0.05, 0.1) is 46.2 Å². The third-order valence-corrected chi connectivity index (χ3v) is 13.4. The summed E-state index contributed by atoms with van der Waals surface area (Å²) in [5, 5.41) is 41.1. The van der Waals surface area contributed by atoms with Gasteiger partial charge in [0.2, 0.25) is 11.8 Å². The maximum atomic E-state index is 14.3. The van der Waals surface area contributed by atoms with Gasteiger partial charge in [-0.05, 0) is 72.3 Å². The molecule has 0 spiro atoms. The molecule has 3 aromatic carbocycles. The van der Waals surface area contributed by atoms with E-state index in [0.717, 1.165) is 17.7 Å². The molecule has 3 amide bonds. The first-order valence-corrected chi connectivity index (χ1v) is 21.5. The molecule has 3 aliphatic carbocycles. The summed E-state index contributed by atoms with van der Waals surface area (Å²) in [4.78, 5) is 50.1. The minimum Gasteiger partial charge on any atom is -0.496 e. The Kier molecular flexibility index (Phi) is 15.1. The first-order valence-electron chi connectivity index (χ1n) is 21.5. The van der Waals surface area contributed by atoms with Crippen molar-refractivity contribution in [3.8, 4) is 16.9 Å². The number of rotatable bonds is 19. The molecule has 3 aromatic rings. The van der Waals surface area contributed by atoms with Gasteiger partial charge in [0.1, 0.15) is 23.9 Å². The zero-order valence-electron chi connectivity index (χ0n) is 36.6. The van der Waals surface area contributed by atoms with E-state index in [2.05, 4.69) is 36.7 Å². The molecule has 14 heteroatoms. The van der Waals surface area contributed by atoms with Gasteiger partial charge in [-0.1, -0.05) is 69.3 Å². The molecule has 4 aliphatic rings. The fraction of sp³-hybridized carbons (Fsp3) is 0.553. The number of fused-ring (bicyclic) bond motifs is 2. The Morgan fingerprint density at radius 2 is 1.77 bits per heavy atom. The first kappa shape index (κ1) is 45.9. The molecule has 2 bridgehead atoms. The van der Waals surface area contributed by atoms with E-state index in [1.807, 2.05) is 73.6 Å². The summed E-state index contributed by atoms with van der Waals surface area (Å²) in [5.74, 6) is 0.135. The van der Waals surface area contributed by atoms with E-state index in [1.165, 1.54) is 6.42 Å². The van der Waals surface area contributed by atoms with Crippen LogP contribution in [0.15, 0.2) is 66.7 Å². The maximum absolute atomic E-state index is 14.3. The third-order valence-electron chi connectivity index (χ3n) is 13.4. The van der Waals surface area contributed by atoms with Crippen LogP contribution in [0.5, 0.6) is 5.75 Å². The minimum absolute atomic E-state index is 0.00201. The number of anilines is 1. The molecule has 1 heterocycles. The van der Waals surface area contributed by atoms with Crippen LogP contribution in [0, 0.1) is 29.1 Å². The molecule has 6 N–H and O–H groups in total. The number of nitrogens with zero attached hydrogens (tertiary/aromatic N) is 2. The number of para-hydroxylation sites is 1. The minimum atomic E-state index is -0.940. The van der Waals surface area contributed by atoms with E-state index in [0.29, 0.717) is 45.8 Å². The maximum Gasteiger partial charge on any atom is 0.252 e. The molecule has 1 saturated heterocycles. The van der Waals surface area contributed by atoms with Crippen molar-refractivity contribution in [3.05, 3.63) is 83.4 Å². The van der Waals surface area contributed by atoms with Crippen molar-refractivity contribution >= 4 is 23.4 Å². The van der Waals surface area contributed by atoms with E-state index < -0.39 is 36.1 Å². The quantitative estimate of drug-likeness (QED) is 0.0972. The van der Waals surface area contributed by atoms with Crippen molar-refractivity contribution in [2.75, 3.05) is 59.1 Å². The van der Waals surface area contributed by atoms with E-state index >= 15 is 0 Å². The van der Waals surface area contributed by atoms with Gasteiger partial charge >= 0.3 is 0 Å². The highest BCUT2D eigenvalue weighted by molar-refractivity contribution is 6.00. The third kappa shape index (κ3) is 10.2. The number of hydroxylamine groups is 2. The molecule has 0 unspecified atom stereocenters. The molecule has 3 saturated carbocycles. The van der Waals surface area contributed by atoms with Gasteiger partial charge in [-0.15, -0.1) is 0 Å². The highest BCUT2D eigenvalue weighted by Crippen LogP contribution is 2.61. The molecular weight excluding hydrogens is 779 g/mol. The Balaban J connectivity index is 1.27. The van der Waals surface area contributed by atoms with Crippen LogP contribution in [0.4, 0.5) is 5.69 Å². The first-order chi connectivity index (χ1) is 29.2. The molecule has 0 radical (unpaired) electrons. The Hall–Kier alpha value is -4.57. The topological polar surface area (TPSA) is 182 Å². The van der Waals surface area contributed by atoms with E-state index in [-0.39, 0.29) is 69.2 Å². The monoisotopic (exact) mass is 843 g/mol. The number of carbonyl (C=O) groups is 3. The van der Waals surface area contributed by atoms with Crippen LogP contribution in [-0.2, 0) is 32.1 Å². The summed E-state index contributed by atoms with van der Waals surface area (Å²) in [5.41, 5.74) is 4.25. The smallest absolute Gasteiger partial charge is 0.252 e. The highest BCUT2D eigenvalue weighted by atomic mass is 16.7. The number of nitrogens with one attached hydrogen (secondary N) is 3. The standard InChI is InChI=1S/C47H65N5O9/c1-28-37-24-34(47(37,3)4)25-38(28)49-46(58)42-41(29(2)55)40(27-54)61-52(42)26-31-14-11-15-36(43(31)59-7)32-21-33(23-35(22-32)51(5)6)44(56)50-39(20-30-12-9-8-10-13-30)45(57)48-16-18-60-19-17-53/h8-15,21-23,28-29,34,37-42,53-55H,16-20,24-27H2,1-7H3,(H,48,57)(H,49,58)(H,50,56)/t28-,29-,34-,37-,38-,39+,40-,41-,42-/m0/s1. The lowest BCUT2D eigenvalue weighted by Gasteiger charge is -2.62. The Bertz CT molecular complexity index is 1980. The van der Waals surface area contributed by atoms with Gasteiger partial charge in [-0.2, -0.15) is 5.06 Å². The number of aliphatic hydroxyl groups is 3. The fourth-order valence-electron chi connectivity index (χ4n) is 9.82. The second kappa shape index (κ2) is 20.1. The number of benzene rings is 3. The second-order valence-electron chi connectivity index (χ2n) is 17.7. The predicted octanol–water partition coefficient (Wildman–Crippen LogP) is 3.56. The number of ether oxygens (including phenoxy) is 2. The molecule has 4 fully saturated rings. The normalized spacial score (nSPS) is 25.2. The predicted molar refractivity (Wildman–Crippen MR) is 233 cm³/mol. The van der Waals surface area contributed by atoms with Gasteiger partial charge in [-0.3, -0.25) is 19.2 Å². The molecule has 0 aromatic heterocycles. The summed E-state index contributed by atoms with van der Waals surface area (Å²) in [6.07, 6.45) is 0.597. The van der Waals surface area contributed by atoms with Crippen LogP contribution in [0.1, 0.15) is 62.0 Å². The number of methoxy groups -OCH3 is 1. The van der Waals surface area contributed by atoms with Crippen molar-refractivity contribution in [3.63, 3.8) is 0 Å². The lowest BCUT2D eigenvalue weighted by atomic mass is 9.45. The average molecular weight is 844 g/mol. The number of hydrogen-bond acceptors (Lipinski definition) is 11. The Morgan fingerprint density at radius 1 is 1.02 bits per heavy atom. The summed E-state index contributed by atoms with van der Waals surface area (Å²) in [6, 6.07) is 18.8. The summed E-state index contributed by atoms with van der Waals surface area (Å²) in [6.45, 7) is 8.69. The Labute approximate surface area is 359 Å². The van der Waals surface area contributed by atoms with Crippen LogP contribution in [0.25, 0.3) is 11.1 Å². The van der Waals surface area contributed by atoms with Crippen molar-refractivity contribution in [1.82, 2.24) is 21.0 Å². The van der Waals surface area contributed by atoms with Crippen molar-refractivity contribution in [2.45, 2.75) is 83.8 Å². The van der Waals surface area contributed by atoms with Crippen LogP contribution >= 0.6 is 0 Å².